The zero-order valence-corrected chi connectivity index (χ0v) is 12.4. The van der Waals surface area contributed by atoms with E-state index in [1.807, 2.05) is 6.07 Å². The Morgan fingerprint density at radius 3 is 2.38 bits per heavy atom. The Balaban J connectivity index is 1.77. The van der Waals surface area contributed by atoms with E-state index in [0.29, 0.717) is 18.3 Å². The minimum absolute atomic E-state index is 0.145. The Morgan fingerprint density at radius 2 is 1.81 bits per heavy atom. The van der Waals surface area contributed by atoms with Gasteiger partial charge in [0.2, 0.25) is 5.91 Å². The quantitative estimate of drug-likeness (QED) is 0.875. The van der Waals surface area contributed by atoms with Crippen molar-refractivity contribution >= 4 is 11.9 Å². The van der Waals surface area contributed by atoms with Gasteiger partial charge in [0.25, 0.3) is 0 Å². The summed E-state index contributed by atoms with van der Waals surface area (Å²) in [5.41, 5.74) is 1.39. The lowest BCUT2D eigenvalue weighted by atomic mass is 9.77. The predicted octanol–water partition coefficient (Wildman–Crippen LogP) is 2.94. The summed E-state index contributed by atoms with van der Waals surface area (Å²) in [7, 11) is 0. The van der Waals surface area contributed by atoms with Gasteiger partial charge >= 0.3 is 5.97 Å². The number of hydrogen-bond acceptors (Lipinski definition) is 2. The topological polar surface area (TPSA) is 66.4 Å². The van der Waals surface area contributed by atoms with Crippen LogP contribution in [0.25, 0.3) is 0 Å². The summed E-state index contributed by atoms with van der Waals surface area (Å²) < 4.78 is 0. The number of amides is 1. The lowest BCUT2D eigenvalue weighted by Crippen LogP contribution is -2.39. The summed E-state index contributed by atoms with van der Waals surface area (Å²) in [6, 6.07) is 9.71. The molecule has 1 amide bonds. The summed E-state index contributed by atoms with van der Waals surface area (Å²) in [4.78, 5) is 22.5. The third-order valence-corrected chi connectivity index (χ3v) is 4.34. The highest BCUT2D eigenvalue weighted by molar-refractivity contribution is 5.83. The van der Waals surface area contributed by atoms with Crippen molar-refractivity contribution in [2.45, 2.75) is 51.0 Å². The summed E-state index contributed by atoms with van der Waals surface area (Å²) in [5, 5.41) is 11.3. The molecule has 0 unspecified atom stereocenters. The molecular weight excluding hydrogens is 266 g/mol. The first kappa shape index (κ1) is 15.5. The lowest BCUT2D eigenvalue weighted by molar-refractivity contribution is -0.141. The lowest BCUT2D eigenvalue weighted by Gasteiger charge is -2.28. The average molecular weight is 289 g/mol. The van der Waals surface area contributed by atoms with Gasteiger partial charge in [-0.25, -0.2) is 0 Å². The molecular formula is C17H23NO3. The third kappa shape index (κ3) is 4.59. The summed E-state index contributed by atoms with van der Waals surface area (Å²) in [6.07, 6.45) is 4.73. The number of carboxylic acid groups (broad SMARTS) is 1. The molecule has 0 spiro atoms. The van der Waals surface area contributed by atoms with E-state index in [9.17, 15) is 9.59 Å². The molecule has 1 saturated carbocycles. The van der Waals surface area contributed by atoms with E-state index >= 15 is 0 Å². The summed E-state index contributed by atoms with van der Waals surface area (Å²) in [5.74, 6) is -0.154. The molecule has 2 rings (SSSR count). The van der Waals surface area contributed by atoms with Crippen molar-refractivity contribution < 1.29 is 14.7 Å². The molecule has 1 aromatic rings. The van der Waals surface area contributed by atoms with Gasteiger partial charge in [0, 0.05) is 6.42 Å². The van der Waals surface area contributed by atoms with Crippen LogP contribution in [0.4, 0.5) is 0 Å². The van der Waals surface area contributed by atoms with E-state index in [1.165, 1.54) is 12.5 Å². The van der Waals surface area contributed by atoms with Gasteiger partial charge in [0.05, 0.1) is 0 Å². The van der Waals surface area contributed by atoms with Crippen LogP contribution in [0, 0.1) is 5.92 Å². The molecule has 1 aromatic carbocycles. The molecule has 0 saturated heterocycles. The van der Waals surface area contributed by atoms with Gasteiger partial charge in [0.15, 0.2) is 0 Å². The van der Waals surface area contributed by atoms with Crippen molar-refractivity contribution in [1.82, 2.24) is 5.32 Å². The number of carbonyl (C=O) groups is 2. The number of hydrogen-bond donors (Lipinski definition) is 2. The highest BCUT2D eigenvalue weighted by Gasteiger charge is 2.24. The Kier molecular flexibility index (Phi) is 5.37. The van der Waals surface area contributed by atoms with Crippen molar-refractivity contribution in [2.75, 3.05) is 0 Å². The molecule has 1 aliphatic carbocycles. The van der Waals surface area contributed by atoms with Gasteiger partial charge in [-0.05, 0) is 50.0 Å². The average Bonchev–Trinajstić information content (AvgIpc) is 2.48. The predicted molar refractivity (Wildman–Crippen MR) is 81.0 cm³/mol. The van der Waals surface area contributed by atoms with Crippen LogP contribution in [0.3, 0.4) is 0 Å². The van der Waals surface area contributed by atoms with Crippen molar-refractivity contribution in [3.05, 3.63) is 35.9 Å². The van der Waals surface area contributed by atoms with Crippen LogP contribution in [0.5, 0.6) is 0 Å². The van der Waals surface area contributed by atoms with Gasteiger partial charge in [-0.15, -0.1) is 0 Å². The van der Waals surface area contributed by atoms with Crippen molar-refractivity contribution in [3.8, 4) is 0 Å². The molecule has 1 fully saturated rings. The molecule has 0 radical (unpaired) electrons. The van der Waals surface area contributed by atoms with E-state index < -0.39 is 12.0 Å². The fraction of sp³-hybridized carbons (Fsp3) is 0.529. The van der Waals surface area contributed by atoms with Gasteiger partial charge in [0.1, 0.15) is 6.04 Å². The largest absolute Gasteiger partial charge is 0.480 e. The smallest absolute Gasteiger partial charge is 0.325 e. The van der Waals surface area contributed by atoms with Crippen LogP contribution in [-0.4, -0.2) is 23.0 Å². The number of rotatable bonds is 5. The zero-order valence-electron chi connectivity index (χ0n) is 12.4. The van der Waals surface area contributed by atoms with E-state index in [-0.39, 0.29) is 5.91 Å². The number of carbonyl (C=O) groups excluding carboxylic acids is 1. The minimum atomic E-state index is -0.990. The molecule has 2 N–H and O–H groups in total. The highest BCUT2D eigenvalue weighted by Crippen LogP contribution is 2.36. The van der Waals surface area contributed by atoms with Crippen LogP contribution >= 0.6 is 0 Å². The van der Waals surface area contributed by atoms with Crippen LogP contribution in [0.1, 0.15) is 50.5 Å². The Hall–Kier alpha value is -1.84. The molecule has 4 heteroatoms. The van der Waals surface area contributed by atoms with Gasteiger partial charge < -0.3 is 10.4 Å². The number of aliphatic carboxylic acids is 1. The standard InChI is InChI=1S/C17H23NO3/c1-12(17(20)21)18-16(19)11-13-7-9-15(10-8-13)14-5-3-2-4-6-14/h2-6,12-13,15H,7-11H2,1H3,(H,18,19)(H,20,21)/t12-,13?,15?/m1/s1. The third-order valence-electron chi connectivity index (χ3n) is 4.34. The number of nitrogens with one attached hydrogen (secondary N) is 1. The van der Waals surface area contributed by atoms with Crippen LogP contribution < -0.4 is 5.32 Å². The van der Waals surface area contributed by atoms with E-state index in [4.69, 9.17) is 5.11 Å². The summed E-state index contributed by atoms with van der Waals surface area (Å²) in [6.45, 7) is 1.49. The Morgan fingerprint density at radius 1 is 1.19 bits per heavy atom. The zero-order chi connectivity index (χ0) is 15.2. The normalized spacial score (nSPS) is 23.3. The Labute approximate surface area is 125 Å². The van der Waals surface area contributed by atoms with Crippen LogP contribution in [0.15, 0.2) is 30.3 Å². The molecule has 21 heavy (non-hydrogen) atoms. The maximum absolute atomic E-state index is 11.8. The monoisotopic (exact) mass is 289 g/mol. The van der Waals surface area contributed by atoms with E-state index in [1.54, 1.807) is 0 Å². The Bertz CT molecular complexity index is 478. The second kappa shape index (κ2) is 7.25. The first-order valence-electron chi connectivity index (χ1n) is 7.63. The fourth-order valence-corrected chi connectivity index (χ4v) is 3.05. The van der Waals surface area contributed by atoms with Crippen LogP contribution in [0.2, 0.25) is 0 Å². The van der Waals surface area contributed by atoms with Crippen molar-refractivity contribution in [2.24, 2.45) is 5.92 Å². The highest BCUT2D eigenvalue weighted by atomic mass is 16.4. The fourth-order valence-electron chi connectivity index (χ4n) is 3.05. The van der Waals surface area contributed by atoms with Gasteiger partial charge in [-0.2, -0.15) is 0 Å². The molecule has 1 atom stereocenters. The molecule has 1 aliphatic rings. The second-order valence-electron chi connectivity index (χ2n) is 5.96. The van der Waals surface area contributed by atoms with Crippen molar-refractivity contribution in [1.29, 1.82) is 0 Å². The molecule has 0 heterocycles. The van der Waals surface area contributed by atoms with E-state index in [0.717, 1.165) is 25.7 Å². The molecule has 4 nitrogen and oxygen atoms in total. The second-order valence-corrected chi connectivity index (χ2v) is 5.96. The molecule has 0 aliphatic heterocycles. The molecule has 114 valence electrons. The first-order chi connectivity index (χ1) is 10.1. The molecule has 0 bridgehead atoms. The van der Waals surface area contributed by atoms with Crippen LogP contribution in [-0.2, 0) is 9.59 Å². The molecule has 0 aromatic heterocycles. The maximum atomic E-state index is 11.8. The SMILES string of the molecule is C[C@@H](NC(=O)CC1CCC(c2ccccc2)CC1)C(=O)O. The number of benzene rings is 1. The summed E-state index contributed by atoms with van der Waals surface area (Å²) >= 11 is 0. The van der Waals surface area contributed by atoms with Gasteiger partial charge in [-0.3, -0.25) is 9.59 Å². The van der Waals surface area contributed by atoms with Crippen molar-refractivity contribution in [3.63, 3.8) is 0 Å². The maximum Gasteiger partial charge on any atom is 0.325 e. The first-order valence-corrected chi connectivity index (χ1v) is 7.63. The van der Waals surface area contributed by atoms with Gasteiger partial charge in [-0.1, -0.05) is 30.3 Å². The number of carboxylic acids is 1. The van der Waals surface area contributed by atoms with E-state index in [2.05, 4.69) is 29.6 Å². The minimum Gasteiger partial charge on any atom is -0.480 e.